The van der Waals surface area contributed by atoms with Gasteiger partial charge in [-0.05, 0) is 66.6 Å². The Hall–Kier alpha value is -4.13. The number of para-hydroxylation sites is 1. The van der Waals surface area contributed by atoms with Crippen LogP contribution >= 0.6 is 0 Å². The van der Waals surface area contributed by atoms with Crippen molar-refractivity contribution in [1.82, 2.24) is 5.43 Å². The summed E-state index contributed by atoms with van der Waals surface area (Å²) in [7, 11) is 0. The van der Waals surface area contributed by atoms with Gasteiger partial charge in [0, 0.05) is 11.8 Å². The maximum atomic E-state index is 11.9. The molecule has 1 heterocycles. The van der Waals surface area contributed by atoms with Gasteiger partial charge < -0.3 is 14.5 Å². The Morgan fingerprint density at radius 2 is 1.87 bits per heavy atom. The molecule has 0 radical (unpaired) electrons. The van der Waals surface area contributed by atoms with E-state index in [-0.39, 0.29) is 12.5 Å². The molecule has 3 aromatic rings. The minimum absolute atomic E-state index is 0.114. The van der Waals surface area contributed by atoms with Crippen molar-refractivity contribution in [1.29, 1.82) is 0 Å². The Morgan fingerprint density at radius 1 is 1.07 bits per heavy atom. The second kappa shape index (κ2) is 10.4. The Bertz CT molecular complexity index is 1040. The largest absolute Gasteiger partial charge is 0.465 e. The van der Waals surface area contributed by atoms with Crippen molar-refractivity contribution >= 4 is 29.9 Å². The van der Waals surface area contributed by atoms with Crippen molar-refractivity contribution in [2.75, 3.05) is 11.9 Å². The quantitative estimate of drug-likeness (QED) is 0.196. The summed E-state index contributed by atoms with van der Waals surface area (Å²) >= 11 is 0. The van der Waals surface area contributed by atoms with Crippen LogP contribution in [0.5, 0.6) is 5.75 Å². The molecule has 152 valence electrons. The van der Waals surface area contributed by atoms with Gasteiger partial charge in [-0.15, -0.1) is 0 Å². The van der Waals surface area contributed by atoms with Gasteiger partial charge in [0.1, 0.15) is 11.5 Å². The van der Waals surface area contributed by atoms with Crippen LogP contribution in [0.2, 0.25) is 0 Å². The van der Waals surface area contributed by atoms with E-state index in [1.807, 2.05) is 31.2 Å². The van der Waals surface area contributed by atoms with Crippen LogP contribution in [-0.4, -0.2) is 24.6 Å². The molecule has 0 aliphatic heterocycles. The molecule has 0 fully saturated rings. The van der Waals surface area contributed by atoms with Crippen LogP contribution in [0, 0.1) is 6.92 Å². The molecular formula is C23H21N3O4. The van der Waals surface area contributed by atoms with E-state index >= 15 is 0 Å². The van der Waals surface area contributed by atoms with Crippen LogP contribution in [0.15, 0.2) is 82.5 Å². The number of esters is 1. The molecule has 7 heteroatoms. The van der Waals surface area contributed by atoms with E-state index in [0.717, 1.165) is 16.8 Å². The molecule has 0 spiro atoms. The number of anilines is 1. The summed E-state index contributed by atoms with van der Waals surface area (Å²) in [6.07, 6.45) is 5.84. The molecule has 30 heavy (non-hydrogen) atoms. The first-order valence-electron chi connectivity index (χ1n) is 9.25. The summed E-state index contributed by atoms with van der Waals surface area (Å²) in [5, 5.41) is 6.99. The van der Waals surface area contributed by atoms with Crippen LogP contribution in [0.1, 0.15) is 16.9 Å². The van der Waals surface area contributed by atoms with E-state index in [1.165, 1.54) is 24.6 Å². The number of amides is 1. The van der Waals surface area contributed by atoms with Gasteiger partial charge in [-0.1, -0.05) is 18.2 Å². The van der Waals surface area contributed by atoms with Crippen molar-refractivity contribution in [3.05, 3.63) is 89.9 Å². The number of nitrogens with one attached hydrogen (secondary N) is 2. The monoisotopic (exact) mass is 403 g/mol. The maximum Gasteiger partial charge on any atom is 0.336 e. The lowest BCUT2D eigenvalue weighted by atomic mass is 10.2. The first kappa shape index (κ1) is 20.6. The Balaban J connectivity index is 1.43. The summed E-state index contributed by atoms with van der Waals surface area (Å²) in [5.41, 5.74) is 5.17. The summed E-state index contributed by atoms with van der Waals surface area (Å²) in [6, 6.07) is 17.9. The highest BCUT2D eigenvalue weighted by Crippen LogP contribution is 2.13. The predicted molar refractivity (Wildman–Crippen MR) is 115 cm³/mol. The smallest absolute Gasteiger partial charge is 0.336 e. The van der Waals surface area contributed by atoms with Gasteiger partial charge >= 0.3 is 5.97 Å². The molecule has 3 rings (SSSR count). The third-order valence-electron chi connectivity index (χ3n) is 4.01. The molecule has 7 nitrogen and oxygen atoms in total. The van der Waals surface area contributed by atoms with Crippen LogP contribution in [0.3, 0.4) is 0 Å². The fraction of sp³-hybridized carbons (Fsp3) is 0.0870. The third-order valence-corrected chi connectivity index (χ3v) is 4.01. The fourth-order valence-electron chi connectivity index (χ4n) is 2.47. The van der Waals surface area contributed by atoms with Crippen molar-refractivity contribution in [3.63, 3.8) is 0 Å². The van der Waals surface area contributed by atoms with Gasteiger partial charge in [-0.25, -0.2) is 10.2 Å². The van der Waals surface area contributed by atoms with Gasteiger partial charge in [-0.2, -0.15) is 5.10 Å². The van der Waals surface area contributed by atoms with Crippen molar-refractivity contribution in [2.24, 2.45) is 5.10 Å². The van der Waals surface area contributed by atoms with Crippen LogP contribution in [-0.2, 0) is 9.59 Å². The zero-order chi connectivity index (χ0) is 21.2. The number of nitrogens with zero attached hydrogens (tertiary/aromatic N) is 1. The standard InChI is InChI=1S/C23H21N3O4/c1-17-5-2-3-7-21(17)24-16-22(27)26-25-15-18-8-10-20(11-9-18)30-23(28)13-12-19-6-4-14-29-19/h2-15,24H,16H2,1H3,(H,26,27). The number of benzene rings is 2. The Labute approximate surface area is 174 Å². The molecule has 1 amide bonds. The van der Waals surface area contributed by atoms with E-state index in [0.29, 0.717) is 11.5 Å². The van der Waals surface area contributed by atoms with Crippen molar-refractivity contribution < 1.29 is 18.7 Å². The maximum absolute atomic E-state index is 11.9. The van der Waals surface area contributed by atoms with E-state index in [9.17, 15) is 9.59 Å². The van der Waals surface area contributed by atoms with Gasteiger partial charge in [0.25, 0.3) is 5.91 Å². The van der Waals surface area contributed by atoms with E-state index in [2.05, 4.69) is 15.8 Å². The van der Waals surface area contributed by atoms with Gasteiger partial charge in [-0.3, -0.25) is 4.79 Å². The number of furan rings is 1. The SMILES string of the molecule is Cc1ccccc1NCC(=O)NN=Cc1ccc(OC(=O)C=Cc2ccco2)cc1. The molecule has 0 bridgehead atoms. The van der Waals surface area contributed by atoms with Gasteiger partial charge in [0.15, 0.2) is 0 Å². The Kier molecular flexibility index (Phi) is 7.16. The molecule has 0 aliphatic rings. The number of rotatable bonds is 8. The van der Waals surface area contributed by atoms with E-state index in [1.54, 1.807) is 36.4 Å². The lowest BCUT2D eigenvalue weighted by Crippen LogP contribution is -2.26. The third kappa shape index (κ3) is 6.49. The minimum atomic E-state index is -0.513. The number of hydrazone groups is 1. The molecule has 2 aromatic carbocycles. The molecular weight excluding hydrogens is 382 g/mol. The first-order valence-corrected chi connectivity index (χ1v) is 9.25. The van der Waals surface area contributed by atoms with Crippen LogP contribution in [0.4, 0.5) is 5.69 Å². The lowest BCUT2D eigenvalue weighted by molar-refractivity contribution is -0.129. The van der Waals surface area contributed by atoms with Gasteiger partial charge in [0.05, 0.1) is 19.0 Å². The summed E-state index contributed by atoms with van der Waals surface area (Å²) < 4.78 is 10.3. The van der Waals surface area contributed by atoms with Gasteiger partial charge in [0.2, 0.25) is 0 Å². The molecule has 1 aromatic heterocycles. The fourth-order valence-corrected chi connectivity index (χ4v) is 2.47. The zero-order valence-electron chi connectivity index (χ0n) is 16.4. The number of ether oxygens (including phenoxy) is 1. The molecule has 0 unspecified atom stereocenters. The number of hydrogen-bond donors (Lipinski definition) is 2. The molecule has 0 saturated heterocycles. The van der Waals surface area contributed by atoms with Crippen LogP contribution in [0.25, 0.3) is 6.08 Å². The summed E-state index contributed by atoms with van der Waals surface area (Å²) in [5.74, 6) is 0.187. The first-order chi connectivity index (χ1) is 14.6. The molecule has 0 saturated carbocycles. The predicted octanol–water partition coefficient (Wildman–Crippen LogP) is 3.77. The average Bonchev–Trinajstić information content (AvgIpc) is 3.27. The van der Waals surface area contributed by atoms with Crippen LogP contribution < -0.4 is 15.5 Å². The lowest BCUT2D eigenvalue weighted by Gasteiger charge is -2.07. The van der Waals surface area contributed by atoms with E-state index in [4.69, 9.17) is 9.15 Å². The van der Waals surface area contributed by atoms with E-state index < -0.39 is 5.97 Å². The van der Waals surface area contributed by atoms with Crippen molar-refractivity contribution in [3.8, 4) is 5.75 Å². The number of carbonyl (C=O) groups is 2. The highest BCUT2D eigenvalue weighted by molar-refractivity contribution is 5.88. The second-order valence-corrected chi connectivity index (χ2v) is 6.30. The summed E-state index contributed by atoms with van der Waals surface area (Å²) in [4.78, 5) is 23.7. The summed E-state index contributed by atoms with van der Waals surface area (Å²) in [6.45, 7) is 2.08. The second-order valence-electron chi connectivity index (χ2n) is 6.30. The average molecular weight is 403 g/mol. The number of aryl methyl sites for hydroxylation is 1. The number of hydrogen-bond acceptors (Lipinski definition) is 6. The highest BCUT2D eigenvalue weighted by Gasteiger charge is 2.02. The molecule has 2 N–H and O–H groups in total. The topological polar surface area (TPSA) is 92.9 Å². The molecule has 0 aliphatic carbocycles. The Morgan fingerprint density at radius 3 is 2.60 bits per heavy atom. The highest BCUT2D eigenvalue weighted by atomic mass is 16.5. The number of carbonyl (C=O) groups excluding carboxylic acids is 2. The molecule has 0 atom stereocenters. The normalized spacial score (nSPS) is 11.0. The van der Waals surface area contributed by atoms with Crippen molar-refractivity contribution in [2.45, 2.75) is 6.92 Å². The minimum Gasteiger partial charge on any atom is -0.465 e. The zero-order valence-corrected chi connectivity index (χ0v) is 16.4.